The fraction of sp³-hybridized carbons (Fsp3) is 0.706. The van der Waals surface area contributed by atoms with Gasteiger partial charge in [-0.3, -0.25) is 4.98 Å². The lowest BCUT2D eigenvalue weighted by Crippen LogP contribution is -2.25. The summed E-state index contributed by atoms with van der Waals surface area (Å²) in [5.41, 5.74) is 0.490. The first-order valence-electron chi connectivity index (χ1n) is 7.76. The molecule has 1 fully saturated rings. The van der Waals surface area contributed by atoms with Gasteiger partial charge in [0.05, 0.1) is 18.4 Å². The molecule has 1 aliphatic rings. The Morgan fingerprint density at radius 2 is 2.00 bits per heavy atom. The van der Waals surface area contributed by atoms with Gasteiger partial charge in [0.15, 0.2) is 0 Å². The van der Waals surface area contributed by atoms with Crippen molar-refractivity contribution in [1.82, 2.24) is 4.98 Å². The second kappa shape index (κ2) is 6.13. The van der Waals surface area contributed by atoms with E-state index < -0.39 is 5.60 Å². The zero-order valence-corrected chi connectivity index (χ0v) is 13.0. The van der Waals surface area contributed by atoms with E-state index in [1.54, 1.807) is 12.4 Å². The average Bonchev–Trinajstić information content (AvgIpc) is 2.57. The number of aliphatic hydroxyl groups is 1. The largest absolute Gasteiger partial charge is 0.492 e. The molecule has 0 aliphatic heterocycles. The Balaban J connectivity index is 2.16. The first-order chi connectivity index (χ1) is 9.45. The van der Waals surface area contributed by atoms with Gasteiger partial charge in [-0.25, -0.2) is 0 Å². The molecule has 1 heterocycles. The predicted octanol–water partition coefficient (Wildman–Crippen LogP) is 4.05. The summed E-state index contributed by atoms with van der Waals surface area (Å²) in [4.78, 5) is 4.24. The molecule has 0 radical (unpaired) electrons. The Bertz CT molecular complexity index is 444. The second-order valence-electron chi connectivity index (χ2n) is 6.81. The Morgan fingerprint density at radius 1 is 1.20 bits per heavy atom. The van der Waals surface area contributed by atoms with E-state index in [1.807, 2.05) is 6.07 Å². The van der Waals surface area contributed by atoms with Crippen molar-refractivity contribution < 1.29 is 9.84 Å². The SMILES string of the molecule is CCCOc1cncc(C2(O)CCCC(C)(C)CC2)c1. The van der Waals surface area contributed by atoms with Gasteiger partial charge in [0.2, 0.25) is 0 Å². The Hall–Kier alpha value is -1.09. The summed E-state index contributed by atoms with van der Waals surface area (Å²) in [5, 5.41) is 11.0. The van der Waals surface area contributed by atoms with Crippen LogP contribution >= 0.6 is 0 Å². The second-order valence-corrected chi connectivity index (χ2v) is 6.81. The van der Waals surface area contributed by atoms with Crippen molar-refractivity contribution in [1.29, 1.82) is 0 Å². The molecule has 1 aromatic heterocycles. The Morgan fingerprint density at radius 3 is 2.75 bits per heavy atom. The van der Waals surface area contributed by atoms with Gasteiger partial charge < -0.3 is 9.84 Å². The highest BCUT2D eigenvalue weighted by atomic mass is 16.5. The van der Waals surface area contributed by atoms with Gasteiger partial charge >= 0.3 is 0 Å². The monoisotopic (exact) mass is 277 g/mol. The van der Waals surface area contributed by atoms with Crippen LogP contribution in [0.1, 0.15) is 64.9 Å². The first-order valence-corrected chi connectivity index (χ1v) is 7.76. The van der Waals surface area contributed by atoms with Crippen LogP contribution in [0, 0.1) is 5.41 Å². The molecule has 0 bridgehead atoms. The zero-order chi connectivity index (χ0) is 14.6. The smallest absolute Gasteiger partial charge is 0.137 e. The van der Waals surface area contributed by atoms with Crippen LogP contribution in [0.15, 0.2) is 18.5 Å². The van der Waals surface area contributed by atoms with E-state index in [-0.39, 0.29) is 0 Å². The van der Waals surface area contributed by atoms with E-state index in [4.69, 9.17) is 4.74 Å². The highest BCUT2D eigenvalue weighted by Gasteiger charge is 2.35. The summed E-state index contributed by atoms with van der Waals surface area (Å²) in [7, 11) is 0. The minimum atomic E-state index is -0.744. The molecule has 20 heavy (non-hydrogen) atoms. The quantitative estimate of drug-likeness (QED) is 0.844. The molecule has 3 nitrogen and oxygen atoms in total. The molecule has 0 spiro atoms. The van der Waals surface area contributed by atoms with Crippen LogP contribution in [-0.2, 0) is 5.60 Å². The van der Waals surface area contributed by atoms with Crippen molar-refractivity contribution in [2.24, 2.45) is 5.41 Å². The predicted molar refractivity (Wildman–Crippen MR) is 80.8 cm³/mol. The third-order valence-corrected chi connectivity index (χ3v) is 4.38. The molecule has 112 valence electrons. The minimum absolute atomic E-state index is 0.328. The highest BCUT2D eigenvalue weighted by molar-refractivity contribution is 5.28. The van der Waals surface area contributed by atoms with E-state index >= 15 is 0 Å². The molecule has 0 amide bonds. The number of hydrogen-bond acceptors (Lipinski definition) is 3. The maximum Gasteiger partial charge on any atom is 0.137 e. The third-order valence-electron chi connectivity index (χ3n) is 4.38. The van der Waals surface area contributed by atoms with Crippen molar-refractivity contribution in [3.8, 4) is 5.75 Å². The maximum atomic E-state index is 11.0. The molecule has 0 aromatic carbocycles. The summed E-state index contributed by atoms with van der Waals surface area (Å²) < 4.78 is 5.63. The van der Waals surface area contributed by atoms with Gasteiger partial charge in [0.1, 0.15) is 5.75 Å². The normalized spacial score (nSPS) is 26.0. The molecular formula is C17H27NO2. The number of nitrogens with zero attached hydrogens (tertiary/aromatic N) is 1. The average molecular weight is 277 g/mol. The lowest BCUT2D eigenvalue weighted by atomic mass is 9.83. The summed E-state index contributed by atoms with van der Waals surface area (Å²) in [6, 6.07) is 1.96. The van der Waals surface area contributed by atoms with Crippen LogP contribution in [0.25, 0.3) is 0 Å². The standard InChI is InChI=1S/C17H27NO2/c1-4-10-20-15-11-14(12-18-13-15)17(19)7-5-6-16(2,3)8-9-17/h11-13,19H,4-10H2,1-3H3. The van der Waals surface area contributed by atoms with Gasteiger partial charge in [-0.05, 0) is 50.0 Å². The Kier molecular flexibility index (Phi) is 4.69. The molecule has 1 unspecified atom stereocenters. The van der Waals surface area contributed by atoms with Crippen molar-refractivity contribution in [2.75, 3.05) is 6.61 Å². The van der Waals surface area contributed by atoms with E-state index in [2.05, 4.69) is 25.8 Å². The minimum Gasteiger partial charge on any atom is -0.492 e. The molecule has 1 aromatic rings. The van der Waals surface area contributed by atoms with Gasteiger partial charge in [0.25, 0.3) is 0 Å². The molecule has 2 rings (SSSR count). The molecule has 1 N–H and O–H groups in total. The summed E-state index contributed by atoms with van der Waals surface area (Å²) >= 11 is 0. The fourth-order valence-corrected chi connectivity index (χ4v) is 2.92. The molecule has 3 heteroatoms. The Labute approximate surface area is 122 Å². The van der Waals surface area contributed by atoms with Gasteiger partial charge in [-0.1, -0.05) is 20.8 Å². The summed E-state index contributed by atoms with van der Waals surface area (Å²) in [6.07, 6.45) is 9.39. The van der Waals surface area contributed by atoms with Crippen LogP contribution in [0.2, 0.25) is 0 Å². The molecular weight excluding hydrogens is 250 g/mol. The maximum absolute atomic E-state index is 11.0. The molecule has 1 aliphatic carbocycles. The molecule has 0 saturated heterocycles. The van der Waals surface area contributed by atoms with Gasteiger partial charge in [-0.2, -0.15) is 0 Å². The highest BCUT2D eigenvalue weighted by Crippen LogP contribution is 2.43. The van der Waals surface area contributed by atoms with Crippen molar-refractivity contribution >= 4 is 0 Å². The van der Waals surface area contributed by atoms with E-state index in [0.29, 0.717) is 12.0 Å². The number of hydrogen-bond donors (Lipinski definition) is 1. The topological polar surface area (TPSA) is 42.4 Å². The van der Waals surface area contributed by atoms with Crippen LogP contribution in [0.5, 0.6) is 5.75 Å². The number of aromatic nitrogens is 1. The summed E-state index contributed by atoms with van der Waals surface area (Å²) in [6.45, 7) is 7.35. The van der Waals surface area contributed by atoms with Crippen LogP contribution in [-0.4, -0.2) is 16.7 Å². The van der Waals surface area contributed by atoms with Crippen LogP contribution < -0.4 is 4.74 Å². The number of rotatable bonds is 4. The van der Waals surface area contributed by atoms with Crippen LogP contribution in [0.4, 0.5) is 0 Å². The van der Waals surface area contributed by atoms with E-state index in [1.165, 1.54) is 6.42 Å². The van der Waals surface area contributed by atoms with E-state index in [0.717, 1.165) is 43.4 Å². The third kappa shape index (κ3) is 3.72. The molecule has 1 atom stereocenters. The van der Waals surface area contributed by atoms with Crippen LogP contribution in [0.3, 0.4) is 0 Å². The molecule has 1 saturated carbocycles. The van der Waals surface area contributed by atoms with E-state index in [9.17, 15) is 5.11 Å². The first kappa shape index (κ1) is 15.3. The van der Waals surface area contributed by atoms with Crippen molar-refractivity contribution in [3.05, 3.63) is 24.0 Å². The van der Waals surface area contributed by atoms with Gasteiger partial charge in [0, 0.05) is 11.8 Å². The zero-order valence-electron chi connectivity index (χ0n) is 13.0. The number of pyridine rings is 1. The van der Waals surface area contributed by atoms with Gasteiger partial charge in [-0.15, -0.1) is 0 Å². The van der Waals surface area contributed by atoms with Crippen molar-refractivity contribution in [3.63, 3.8) is 0 Å². The fourth-order valence-electron chi connectivity index (χ4n) is 2.92. The van der Waals surface area contributed by atoms with Crippen molar-refractivity contribution in [2.45, 2.75) is 64.9 Å². The lowest BCUT2D eigenvalue weighted by molar-refractivity contribution is 0.0174. The number of ether oxygens (including phenoxy) is 1. The lowest BCUT2D eigenvalue weighted by Gasteiger charge is -2.28. The summed E-state index contributed by atoms with van der Waals surface area (Å²) in [5.74, 6) is 0.765.